The van der Waals surface area contributed by atoms with Crippen molar-refractivity contribution < 1.29 is 0 Å². The Kier molecular flexibility index (Phi) is 3.86. The molecule has 0 bridgehead atoms. The van der Waals surface area contributed by atoms with Crippen LogP contribution in [0.1, 0.15) is 12.6 Å². The molecule has 0 aliphatic carbocycles. The van der Waals surface area contributed by atoms with Crippen molar-refractivity contribution >= 4 is 21.6 Å². The summed E-state index contributed by atoms with van der Waals surface area (Å²) in [6.07, 6.45) is 6.28. The zero-order chi connectivity index (χ0) is 16.5. The molecule has 0 N–H and O–H groups in total. The van der Waals surface area contributed by atoms with Gasteiger partial charge in [-0.25, -0.2) is 9.50 Å². The predicted molar refractivity (Wildman–Crippen MR) is 98.7 cm³/mol. The molecule has 0 fully saturated rings. The van der Waals surface area contributed by atoms with E-state index in [4.69, 9.17) is 5.10 Å². The molecule has 4 nitrogen and oxygen atoms in total. The highest BCUT2D eigenvalue weighted by Gasteiger charge is 2.17. The molecular formula is C19H15BrN4. The first kappa shape index (κ1) is 15.0. The third-order valence-electron chi connectivity index (χ3n) is 4.03. The Morgan fingerprint density at radius 2 is 1.67 bits per heavy atom. The van der Waals surface area contributed by atoms with Crippen molar-refractivity contribution in [2.24, 2.45) is 0 Å². The molecule has 0 saturated heterocycles. The Morgan fingerprint density at radius 3 is 2.38 bits per heavy atom. The zero-order valence-electron chi connectivity index (χ0n) is 13.1. The van der Waals surface area contributed by atoms with Gasteiger partial charge in [-0.2, -0.15) is 5.10 Å². The van der Waals surface area contributed by atoms with Crippen LogP contribution in [0.2, 0.25) is 0 Å². The summed E-state index contributed by atoms with van der Waals surface area (Å²) in [5.41, 5.74) is 6.24. The first-order chi connectivity index (χ1) is 11.8. The number of halogens is 1. The van der Waals surface area contributed by atoms with Crippen LogP contribution in [0.15, 0.2) is 65.5 Å². The molecule has 0 aliphatic rings. The number of fused-ring (bicyclic) bond motifs is 1. The van der Waals surface area contributed by atoms with Gasteiger partial charge in [0.1, 0.15) is 0 Å². The second-order valence-electron chi connectivity index (χ2n) is 5.48. The first-order valence-electron chi connectivity index (χ1n) is 7.81. The molecule has 3 aromatic heterocycles. The number of hydrogen-bond donors (Lipinski definition) is 0. The smallest absolute Gasteiger partial charge is 0.163 e. The lowest BCUT2D eigenvalue weighted by Crippen LogP contribution is -1.96. The summed E-state index contributed by atoms with van der Waals surface area (Å²) in [6, 6.07) is 14.3. The summed E-state index contributed by atoms with van der Waals surface area (Å²) in [7, 11) is 0. The lowest BCUT2D eigenvalue weighted by molar-refractivity contribution is 0.893. The van der Waals surface area contributed by atoms with Gasteiger partial charge in [-0.15, -0.1) is 0 Å². The van der Waals surface area contributed by atoms with Crippen LogP contribution in [-0.2, 0) is 6.42 Å². The van der Waals surface area contributed by atoms with E-state index in [9.17, 15) is 0 Å². The van der Waals surface area contributed by atoms with Crippen LogP contribution in [-0.4, -0.2) is 19.6 Å². The molecule has 0 amide bonds. The van der Waals surface area contributed by atoms with Crippen LogP contribution in [0.5, 0.6) is 0 Å². The summed E-state index contributed by atoms with van der Waals surface area (Å²) in [5.74, 6) is 0. The number of nitrogens with zero attached hydrogens (tertiary/aromatic N) is 4. The van der Waals surface area contributed by atoms with E-state index in [-0.39, 0.29) is 0 Å². The van der Waals surface area contributed by atoms with Crippen molar-refractivity contribution in [3.8, 4) is 22.4 Å². The molecular weight excluding hydrogens is 364 g/mol. The average molecular weight is 379 g/mol. The Hall–Kier alpha value is -2.53. The Labute approximate surface area is 148 Å². The summed E-state index contributed by atoms with van der Waals surface area (Å²) >= 11 is 3.49. The van der Waals surface area contributed by atoms with E-state index < -0.39 is 0 Å². The Bertz CT molecular complexity index is 991. The number of pyridine rings is 1. The fraction of sp³-hybridized carbons (Fsp3) is 0.105. The van der Waals surface area contributed by atoms with E-state index in [1.807, 2.05) is 41.0 Å². The highest BCUT2D eigenvalue weighted by molar-refractivity contribution is 9.10. The standard InChI is InChI=1S/C19H15BrN4/c1-2-16-18(14-3-5-15(20)6-4-14)19-22-12-9-17(24(19)23-16)13-7-10-21-11-8-13/h3-12H,2H2,1H3. The van der Waals surface area contributed by atoms with Gasteiger partial charge in [0, 0.05) is 34.2 Å². The lowest BCUT2D eigenvalue weighted by atomic mass is 10.0. The van der Waals surface area contributed by atoms with E-state index >= 15 is 0 Å². The lowest BCUT2D eigenvalue weighted by Gasteiger charge is -2.05. The number of aromatic nitrogens is 4. The topological polar surface area (TPSA) is 43.1 Å². The number of aryl methyl sites for hydroxylation is 1. The zero-order valence-corrected chi connectivity index (χ0v) is 14.7. The predicted octanol–water partition coefficient (Wildman–Crippen LogP) is 4.78. The normalized spacial score (nSPS) is 11.1. The van der Waals surface area contributed by atoms with Crippen molar-refractivity contribution in [3.63, 3.8) is 0 Å². The van der Waals surface area contributed by atoms with E-state index in [2.05, 4.69) is 45.0 Å². The van der Waals surface area contributed by atoms with Gasteiger partial charge in [-0.05, 0) is 42.3 Å². The van der Waals surface area contributed by atoms with Crippen LogP contribution in [0, 0.1) is 0 Å². The van der Waals surface area contributed by atoms with Crippen LogP contribution >= 0.6 is 15.9 Å². The number of rotatable bonds is 3. The quantitative estimate of drug-likeness (QED) is 0.514. The second-order valence-corrected chi connectivity index (χ2v) is 6.40. The summed E-state index contributed by atoms with van der Waals surface area (Å²) < 4.78 is 3.00. The van der Waals surface area contributed by atoms with Gasteiger partial charge >= 0.3 is 0 Å². The Balaban J connectivity index is 2.00. The molecule has 4 aromatic rings. The van der Waals surface area contributed by atoms with Crippen molar-refractivity contribution in [2.45, 2.75) is 13.3 Å². The van der Waals surface area contributed by atoms with Crippen molar-refractivity contribution in [3.05, 3.63) is 71.2 Å². The highest BCUT2D eigenvalue weighted by atomic mass is 79.9. The SMILES string of the molecule is CCc1nn2c(-c3ccncc3)ccnc2c1-c1ccc(Br)cc1. The molecule has 4 rings (SSSR count). The van der Waals surface area contributed by atoms with Crippen molar-refractivity contribution in [2.75, 3.05) is 0 Å². The average Bonchev–Trinajstić information content (AvgIpc) is 3.02. The van der Waals surface area contributed by atoms with Crippen molar-refractivity contribution in [1.29, 1.82) is 0 Å². The maximum Gasteiger partial charge on any atom is 0.163 e. The largest absolute Gasteiger partial charge is 0.265 e. The maximum atomic E-state index is 4.83. The third kappa shape index (κ3) is 2.51. The molecule has 3 heterocycles. The number of hydrogen-bond acceptors (Lipinski definition) is 3. The van der Waals surface area contributed by atoms with Gasteiger partial charge in [-0.3, -0.25) is 4.98 Å². The van der Waals surface area contributed by atoms with E-state index in [0.29, 0.717) is 0 Å². The molecule has 0 aliphatic heterocycles. The third-order valence-corrected chi connectivity index (χ3v) is 4.56. The van der Waals surface area contributed by atoms with Crippen LogP contribution in [0.3, 0.4) is 0 Å². The minimum absolute atomic E-state index is 0.852. The Morgan fingerprint density at radius 1 is 0.917 bits per heavy atom. The van der Waals surface area contributed by atoms with E-state index in [0.717, 1.165) is 44.6 Å². The summed E-state index contributed by atoms with van der Waals surface area (Å²) in [4.78, 5) is 8.70. The molecule has 0 radical (unpaired) electrons. The van der Waals surface area contributed by atoms with Gasteiger partial charge in [0.25, 0.3) is 0 Å². The molecule has 0 spiro atoms. The monoisotopic (exact) mass is 378 g/mol. The fourth-order valence-electron chi connectivity index (χ4n) is 2.89. The molecule has 0 atom stereocenters. The minimum Gasteiger partial charge on any atom is -0.265 e. The van der Waals surface area contributed by atoms with Crippen LogP contribution < -0.4 is 0 Å². The first-order valence-corrected chi connectivity index (χ1v) is 8.60. The second kappa shape index (κ2) is 6.17. The minimum atomic E-state index is 0.852. The van der Waals surface area contributed by atoms with E-state index in [1.54, 1.807) is 12.4 Å². The van der Waals surface area contributed by atoms with Crippen LogP contribution in [0.25, 0.3) is 28.0 Å². The molecule has 0 saturated carbocycles. The maximum absolute atomic E-state index is 4.83. The molecule has 1 aromatic carbocycles. The number of benzene rings is 1. The molecule has 24 heavy (non-hydrogen) atoms. The van der Waals surface area contributed by atoms with Crippen LogP contribution in [0.4, 0.5) is 0 Å². The molecule has 5 heteroatoms. The molecule has 118 valence electrons. The van der Waals surface area contributed by atoms with Gasteiger partial charge in [0.15, 0.2) is 5.65 Å². The highest BCUT2D eigenvalue weighted by Crippen LogP contribution is 2.31. The fourth-order valence-corrected chi connectivity index (χ4v) is 3.15. The summed E-state index contributed by atoms with van der Waals surface area (Å²) in [5, 5.41) is 4.83. The van der Waals surface area contributed by atoms with Gasteiger partial charge in [0.05, 0.1) is 11.4 Å². The summed E-state index contributed by atoms with van der Waals surface area (Å²) in [6.45, 7) is 2.12. The van der Waals surface area contributed by atoms with E-state index in [1.165, 1.54) is 0 Å². The van der Waals surface area contributed by atoms with Gasteiger partial charge in [0.2, 0.25) is 0 Å². The van der Waals surface area contributed by atoms with Crippen molar-refractivity contribution in [1.82, 2.24) is 19.6 Å². The molecule has 0 unspecified atom stereocenters. The van der Waals surface area contributed by atoms with Gasteiger partial charge in [-0.1, -0.05) is 35.0 Å². The van der Waals surface area contributed by atoms with Gasteiger partial charge < -0.3 is 0 Å².